The Morgan fingerprint density at radius 3 is 2.83 bits per heavy atom. The zero-order valence-corrected chi connectivity index (χ0v) is 13.4. The van der Waals surface area contributed by atoms with Gasteiger partial charge in [0.2, 0.25) is 0 Å². The monoisotopic (exact) mass is 348 g/mol. The number of hydrogen-bond acceptors (Lipinski definition) is 8. The molecule has 0 saturated carbocycles. The van der Waals surface area contributed by atoms with Gasteiger partial charge in [0.05, 0.1) is 17.6 Å². The van der Waals surface area contributed by atoms with Gasteiger partial charge in [-0.05, 0) is 0 Å². The van der Waals surface area contributed by atoms with Gasteiger partial charge in [-0.2, -0.15) is 5.26 Å². The van der Waals surface area contributed by atoms with Crippen LogP contribution in [0.4, 0.5) is 0 Å². The summed E-state index contributed by atoms with van der Waals surface area (Å²) in [5.41, 5.74) is 0.762. The maximum atomic E-state index is 10.2. The summed E-state index contributed by atoms with van der Waals surface area (Å²) in [7, 11) is 0. The molecule has 4 atom stereocenters. The van der Waals surface area contributed by atoms with Gasteiger partial charge in [0.15, 0.2) is 6.23 Å². The summed E-state index contributed by atoms with van der Waals surface area (Å²) in [4.78, 5) is 8.40. The normalized spacial score (nSPS) is 26.6. The third-order valence-electron chi connectivity index (χ3n) is 3.82. The van der Waals surface area contributed by atoms with Crippen LogP contribution in [0.2, 0.25) is 0 Å². The summed E-state index contributed by atoms with van der Waals surface area (Å²) < 4.78 is 7.03. The SMILES string of the molecule is C=CCSc1ncnc2c1c(C#N)cn2[C@@H]1O[C@@H](CO)[C@@H](O)[C@H]1O. The van der Waals surface area contributed by atoms with Gasteiger partial charge in [0, 0.05) is 11.9 Å². The van der Waals surface area contributed by atoms with E-state index < -0.39 is 31.1 Å². The Morgan fingerprint density at radius 1 is 1.42 bits per heavy atom. The summed E-state index contributed by atoms with van der Waals surface area (Å²) >= 11 is 1.42. The molecule has 0 spiro atoms. The van der Waals surface area contributed by atoms with Crippen molar-refractivity contribution in [3.05, 3.63) is 30.7 Å². The molecule has 1 saturated heterocycles. The number of nitriles is 1. The molecule has 0 aliphatic carbocycles. The van der Waals surface area contributed by atoms with Crippen LogP contribution in [0.5, 0.6) is 0 Å². The maximum absolute atomic E-state index is 10.2. The van der Waals surface area contributed by atoms with Crippen molar-refractivity contribution < 1.29 is 20.1 Å². The Balaban J connectivity index is 2.10. The lowest BCUT2D eigenvalue weighted by atomic mass is 10.1. The van der Waals surface area contributed by atoms with Crippen LogP contribution in [-0.4, -0.2) is 60.5 Å². The summed E-state index contributed by atoms with van der Waals surface area (Å²) in [5, 5.41) is 40.0. The fraction of sp³-hybridized carbons (Fsp3) is 0.400. The van der Waals surface area contributed by atoms with E-state index in [-0.39, 0.29) is 0 Å². The summed E-state index contributed by atoms with van der Waals surface area (Å²) in [5.74, 6) is 0.621. The van der Waals surface area contributed by atoms with E-state index in [4.69, 9.17) is 4.74 Å². The van der Waals surface area contributed by atoms with Crippen LogP contribution < -0.4 is 0 Å². The van der Waals surface area contributed by atoms with Gasteiger partial charge in [0.25, 0.3) is 0 Å². The number of aliphatic hydroxyl groups excluding tert-OH is 3. The molecule has 24 heavy (non-hydrogen) atoms. The average Bonchev–Trinajstić information content (AvgIpc) is 3.11. The van der Waals surface area contributed by atoms with Gasteiger partial charge < -0.3 is 24.6 Å². The highest BCUT2D eigenvalue weighted by atomic mass is 32.2. The van der Waals surface area contributed by atoms with E-state index in [0.717, 1.165) is 0 Å². The Kier molecular flexibility index (Phi) is 4.84. The molecule has 126 valence electrons. The lowest BCUT2D eigenvalue weighted by Crippen LogP contribution is -2.33. The van der Waals surface area contributed by atoms with Crippen molar-refractivity contribution in [1.29, 1.82) is 5.26 Å². The van der Waals surface area contributed by atoms with Crippen LogP contribution in [0.15, 0.2) is 30.2 Å². The van der Waals surface area contributed by atoms with Gasteiger partial charge >= 0.3 is 0 Å². The van der Waals surface area contributed by atoms with Crippen molar-refractivity contribution in [1.82, 2.24) is 14.5 Å². The van der Waals surface area contributed by atoms with Gasteiger partial charge in [0.1, 0.15) is 41.4 Å². The van der Waals surface area contributed by atoms with E-state index in [1.807, 2.05) is 0 Å². The fourth-order valence-corrected chi connectivity index (χ4v) is 3.44. The highest BCUT2D eigenvalue weighted by molar-refractivity contribution is 7.99. The molecule has 0 radical (unpaired) electrons. The number of fused-ring (bicyclic) bond motifs is 1. The number of hydrogen-bond donors (Lipinski definition) is 3. The average molecular weight is 348 g/mol. The topological polar surface area (TPSA) is 124 Å². The Bertz CT molecular complexity index is 803. The van der Waals surface area contributed by atoms with Crippen molar-refractivity contribution in [2.75, 3.05) is 12.4 Å². The third kappa shape index (κ3) is 2.68. The molecule has 2 aromatic rings. The predicted molar refractivity (Wildman–Crippen MR) is 86.2 cm³/mol. The molecule has 3 rings (SSSR count). The van der Waals surface area contributed by atoms with Gasteiger partial charge in [-0.3, -0.25) is 0 Å². The van der Waals surface area contributed by atoms with Crippen molar-refractivity contribution in [3.8, 4) is 6.07 Å². The summed E-state index contributed by atoms with van der Waals surface area (Å²) in [6, 6.07) is 2.09. The van der Waals surface area contributed by atoms with Crippen LogP contribution in [0.25, 0.3) is 11.0 Å². The quantitative estimate of drug-likeness (QED) is 0.397. The molecule has 9 heteroatoms. The first-order valence-electron chi connectivity index (χ1n) is 7.24. The van der Waals surface area contributed by atoms with E-state index in [1.54, 1.807) is 6.08 Å². The molecule has 0 amide bonds. The van der Waals surface area contributed by atoms with E-state index in [2.05, 4.69) is 22.6 Å². The van der Waals surface area contributed by atoms with Crippen LogP contribution in [-0.2, 0) is 4.74 Å². The van der Waals surface area contributed by atoms with Crippen molar-refractivity contribution in [2.24, 2.45) is 0 Å². The van der Waals surface area contributed by atoms with Crippen molar-refractivity contribution in [2.45, 2.75) is 29.6 Å². The minimum atomic E-state index is -1.25. The number of nitrogens with zero attached hydrogens (tertiary/aromatic N) is 4. The highest BCUT2D eigenvalue weighted by Gasteiger charge is 2.44. The molecule has 0 bridgehead atoms. The number of aromatic nitrogens is 3. The van der Waals surface area contributed by atoms with Crippen LogP contribution in [0, 0.1) is 11.3 Å². The number of rotatable bonds is 5. The van der Waals surface area contributed by atoms with Gasteiger partial charge in [-0.25, -0.2) is 9.97 Å². The second-order valence-corrected chi connectivity index (χ2v) is 6.28. The summed E-state index contributed by atoms with van der Waals surface area (Å²) in [6.45, 7) is 3.24. The molecule has 1 aliphatic rings. The smallest absolute Gasteiger partial charge is 0.164 e. The molecule has 1 aliphatic heterocycles. The summed E-state index contributed by atoms with van der Waals surface area (Å²) in [6.07, 6.45) is 0.291. The van der Waals surface area contributed by atoms with E-state index in [9.17, 15) is 20.6 Å². The first-order valence-corrected chi connectivity index (χ1v) is 8.22. The third-order valence-corrected chi connectivity index (χ3v) is 4.81. The standard InChI is InChI=1S/C15H16N4O4S/c1-2-3-24-14-10-8(4-16)5-19(13(10)17-7-18-14)15-12(22)11(21)9(6-20)23-15/h2,5,7,9,11-12,15,20-22H,1,3,6H2/t9-,11+,12+,15+/m0/s1. The first-order chi connectivity index (χ1) is 11.6. The minimum absolute atomic E-state index is 0.343. The molecule has 3 heterocycles. The number of aliphatic hydroxyl groups is 3. The maximum Gasteiger partial charge on any atom is 0.164 e. The number of ether oxygens (including phenoxy) is 1. The number of thioether (sulfide) groups is 1. The van der Waals surface area contributed by atoms with E-state index >= 15 is 0 Å². The minimum Gasteiger partial charge on any atom is -0.394 e. The van der Waals surface area contributed by atoms with Crippen LogP contribution in [0.1, 0.15) is 11.8 Å². The molecular weight excluding hydrogens is 332 g/mol. The van der Waals surface area contributed by atoms with Gasteiger partial charge in [-0.15, -0.1) is 18.3 Å². The Hall–Kier alpha value is -1.96. The lowest BCUT2D eigenvalue weighted by Gasteiger charge is -2.17. The molecule has 1 fully saturated rings. The Morgan fingerprint density at radius 2 is 2.21 bits per heavy atom. The zero-order chi connectivity index (χ0) is 17.3. The van der Waals surface area contributed by atoms with Crippen LogP contribution >= 0.6 is 11.8 Å². The predicted octanol–water partition coefficient (Wildman–Crippen LogP) is 0.193. The molecule has 0 unspecified atom stereocenters. The van der Waals surface area contributed by atoms with Crippen LogP contribution in [0.3, 0.4) is 0 Å². The van der Waals surface area contributed by atoms with E-state index in [0.29, 0.717) is 27.4 Å². The largest absolute Gasteiger partial charge is 0.394 e. The van der Waals surface area contributed by atoms with Gasteiger partial charge in [-0.1, -0.05) is 6.08 Å². The second-order valence-electron chi connectivity index (χ2n) is 5.27. The molecule has 2 aromatic heterocycles. The fourth-order valence-electron chi connectivity index (χ4n) is 2.69. The Labute approximate surface area is 142 Å². The lowest BCUT2D eigenvalue weighted by molar-refractivity contribution is -0.0508. The van der Waals surface area contributed by atoms with E-state index in [1.165, 1.54) is 28.9 Å². The molecular formula is C15H16N4O4S. The second kappa shape index (κ2) is 6.88. The van der Waals surface area contributed by atoms with Crippen molar-refractivity contribution >= 4 is 22.8 Å². The molecule has 0 aromatic carbocycles. The first kappa shape index (κ1) is 16.9. The zero-order valence-electron chi connectivity index (χ0n) is 12.6. The highest BCUT2D eigenvalue weighted by Crippen LogP contribution is 2.35. The van der Waals surface area contributed by atoms with Crippen molar-refractivity contribution in [3.63, 3.8) is 0 Å². The molecule has 8 nitrogen and oxygen atoms in total. The molecule has 3 N–H and O–H groups in total.